The molecule has 0 fully saturated rings. The highest BCUT2D eigenvalue weighted by molar-refractivity contribution is 7.89. The first-order valence-corrected chi connectivity index (χ1v) is 10.3. The summed E-state index contributed by atoms with van der Waals surface area (Å²) in [6.07, 6.45) is 0. The molecule has 0 unspecified atom stereocenters. The third-order valence-corrected chi connectivity index (χ3v) is 6.20. The van der Waals surface area contributed by atoms with Crippen LogP contribution < -0.4 is 0 Å². The molecule has 2 aromatic carbocycles. The highest BCUT2D eigenvalue weighted by Gasteiger charge is 2.30. The first-order chi connectivity index (χ1) is 12.5. The largest absolute Gasteiger partial charge is 0.332 e. The van der Waals surface area contributed by atoms with Crippen LogP contribution in [0.5, 0.6) is 0 Å². The number of hydrogen-bond donors (Lipinski definition) is 0. The molecule has 2 aromatic rings. The molecule has 0 saturated heterocycles. The highest BCUT2D eigenvalue weighted by Crippen LogP contribution is 2.20. The first-order valence-electron chi connectivity index (χ1n) is 8.89. The number of nitrogens with zero attached hydrogens (tertiary/aromatic N) is 2. The fourth-order valence-electron chi connectivity index (χ4n) is 2.72. The van der Waals surface area contributed by atoms with Crippen molar-refractivity contribution in [3.8, 4) is 0 Å². The van der Waals surface area contributed by atoms with Gasteiger partial charge in [0.1, 0.15) is 0 Å². The van der Waals surface area contributed by atoms with E-state index in [9.17, 15) is 13.2 Å². The summed E-state index contributed by atoms with van der Waals surface area (Å²) in [5, 5.41) is 0. The van der Waals surface area contributed by atoms with Gasteiger partial charge in [0.2, 0.25) is 15.9 Å². The van der Waals surface area contributed by atoms with E-state index in [2.05, 4.69) is 0 Å². The lowest BCUT2D eigenvalue weighted by molar-refractivity contribution is -0.136. The Labute approximate surface area is 162 Å². The van der Waals surface area contributed by atoms with E-state index in [1.54, 1.807) is 29.2 Å². The van der Waals surface area contributed by atoms with Gasteiger partial charge in [-0.15, -0.1) is 0 Å². The number of carbonyl (C=O) groups excluding carboxylic acids is 1. The van der Waals surface area contributed by atoms with Crippen molar-refractivity contribution in [2.45, 2.75) is 44.7 Å². The predicted octanol–water partition coefficient (Wildman–Crippen LogP) is 3.44. The van der Waals surface area contributed by atoms with Crippen molar-refractivity contribution in [3.63, 3.8) is 0 Å². The maximum Gasteiger partial charge on any atom is 0.243 e. The zero-order chi connectivity index (χ0) is 20.2. The van der Waals surface area contributed by atoms with Crippen molar-refractivity contribution in [2.75, 3.05) is 13.6 Å². The van der Waals surface area contributed by atoms with Crippen LogP contribution in [-0.4, -0.2) is 42.7 Å². The minimum Gasteiger partial charge on any atom is -0.332 e. The molecule has 0 spiro atoms. The Morgan fingerprint density at radius 1 is 0.963 bits per heavy atom. The van der Waals surface area contributed by atoms with E-state index >= 15 is 0 Å². The topological polar surface area (TPSA) is 57.7 Å². The fraction of sp³-hybridized carbons (Fsp3) is 0.381. The van der Waals surface area contributed by atoms with E-state index in [0.717, 1.165) is 15.4 Å². The van der Waals surface area contributed by atoms with Crippen LogP contribution in [0, 0.1) is 6.92 Å². The van der Waals surface area contributed by atoms with Crippen LogP contribution in [0.4, 0.5) is 0 Å². The summed E-state index contributed by atoms with van der Waals surface area (Å²) in [5.41, 5.74) is 1.56. The summed E-state index contributed by atoms with van der Waals surface area (Å²) in [6.45, 7) is 7.96. The van der Waals surface area contributed by atoms with Gasteiger partial charge in [-0.1, -0.05) is 48.0 Å². The molecule has 0 aromatic heterocycles. The average molecular weight is 389 g/mol. The molecule has 6 heteroatoms. The van der Waals surface area contributed by atoms with E-state index in [4.69, 9.17) is 0 Å². The van der Waals surface area contributed by atoms with E-state index in [0.29, 0.717) is 6.54 Å². The number of aryl methyl sites for hydroxylation is 1. The maximum atomic E-state index is 13.0. The van der Waals surface area contributed by atoms with Crippen LogP contribution in [0.15, 0.2) is 59.5 Å². The second-order valence-corrected chi connectivity index (χ2v) is 9.76. The molecule has 5 nitrogen and oxygen atoms in total. The molecule has 0 saturated carbocycles. The molecule has 0 bridgehead atoms. The van der Waals surface area contributed by atoms with Crippen molar-refractivity contribution in [3.05, 3.63) is 65.7 Å². The molecule has 0 aliphatic rings. The Bertz CT molecular complexity index is 870. The summed E-state index contributed by atoms with van der Waals surface area (Å²) < 4.78 is 26.6. The third kappa shape index (κ3) is 5.40. The molecule has 146 valence electrons. The maximum absolute atomic E-state index is 13.0. The Hall–Kier alpha value is -2.18. The summed E-state index contributed by atoms with van der Waals surface area (Å²) in [7, 11) is -2.28. The van der Waals surface area contributed by atoms with Crippen LogP contribution in [0.25, 0.3) is 0 Å². The van der Waals surface area contributed by atoms with E-state index < -0.39 is 15.6 Å². The molecule has 0 atom stereocenters. The minimum absolute atomic E-state index is 0.189. The Morgan fingerprint density at radius 2 is 1.52 bits per heavy atom. The highest BCUT2D eigenvalue weighted by atomic mass is 32.2. The van der Waals surface area contributed by atoms with Gasteiger partial charge in [-0.25, -0.2) is 8.42 Å². The number of carbonyl (C=O) groups is 1. The monoisotopic (exact) mass is 388 g/mol. The number of sulfonamides is 1. The van der Waals surface area contributed by atoms with Crippen molar-refractivity contribution in [2.24, 2.45) is 0 Å². The van der Waals surface area contributed by atoms with Gasteiger partial charge in [0, 0.05) is 19.1 Å². The molecule has 0 aliphatic carbocycles. The Balaban J connectivity index is 2.19. The van der Waals surface area contributed by atoms with Crippen LogP contribution in [-0.2, 0) is 21.4 Å². The van der Waals surface area contributed by atoms with Gasteiger partial charge >= 0.3 is 0 Å². The standard InChI is InChI=1S/C21H28N2O3S/c1-17-11-13-19(14-12-17)27(25,26)22(5)16-20(24)23(21(2,3)4)15-18-9-7-6-8-10-18/h6-14H,15-16H2,1-5H3. The normalized spacial score (nSPS) is 12.2. The van der Waals surface area contributed by atoms with Gasteiger partial charge in [0.05, 0.1) is 11.4 Å². The summed E-state index contributed by atoms with van der Waals surface area (Å²) >= 11 is 0. The van der Waals surface area contributed by atoms with Gasteiger partial charge < -0.3 is 4.90 Å². The van der Waals surface area contributed by atoms with Gasteiger partial charge in [-0.2, -0.15) is 4.31 Å². The molecule has 27 heavy (non-hydrogen) atoms. The number of rotatable bonds is 6. The van der Waals surface area contributed by atoms with Crippen LogP contribution in [0.1, 0.15) is 31.9 Å². The summed E-state index contributed by atoms with van der Waals surface area (Å²) in [4.78, 5) is 14.9. The minimum atomic E-state index is -3.72. The lowest BCUT2D eigenvalue weighted by Crippen LogP contribution is -2.49. The number of amides is 1. The van der Waals surface area contributed by atoms with Crippen molar-refractivity contribution >= 4 is 15.9 Å². The Kier molecular flexibility index (Phi) is 6.44. The molecule has 1 amide bonds. The molecule has 0 radical (unpaired) electrons. The molecule has 0 N–H and O–H groups in total. The van der Waals surface area contributed by atoms with E-state index in [1.165, 1.54) is 7.05 Å². The molecular formula is C21H28N2O3S. The fourth-order valence-corrected chi connectivity index (χ4v) is 3.84. The SMILES string of the molecule is Cc1ccc(S(=O)(=O)N(C)CC(=O)N(Cc2ccccc2)C(C)(C)C)cc1. The zero-order valence-electron chi connectivity index (χ0n) is 16.6. The zero-order valence-corrected chi connectivity index (χ0v) is 17.5. The number of likely N-dealkylation sites (N-methyl/N-ethyl adjacent to an activating group) is 1. The van der Waals surface area contributed by atoms with E-state index in [1.807, 2.05) is 58.0 Å². The third-order valence-electron chi connectivity index (χ3n) is 4.38. The second-order valence-electron chi connectivity index (χ2n) is 7.71. The average Bonchev–Trinajstić information content (AvgIpc) is 2.59. The predicted molar refractivity (Wildman–Crippen MR) is 108 cm³/mol. The van der Waals surface area contributed by atoms with Crippen molar-refractivity contribution < 1.29 is 13.2 Å². The van der Waals surface area contributed by atoms with Crippen molar-refractivity contribution in [1.82, 2.24) is 9.21 Å². The summed E-state index contributed by atoms with van der Waals surface area (Å²) in [6, 6.07) is 16.3. The van der Waals surface area contributed by atoms with Crippen LogP contribution in [0.2, 0.25) is 0 Å². The lowest BCUT2D eigenvalue weighted by atomic mass is 10.0. The molecule has 0 aliphatic heterocycles. The molecule has 2 rings (SSSR count). The van der Waals surface area contributed by atoms with Gasteiger partial charge in [0.25, 0.3) is 0 Å². The quantitative estimate of drug-likeness (QED) is 0.762. The van der Waals surface area contributed by atoms with E-state index in [-0.39, 0.29) is 17.3 Å². The van der Waals surface area contributed by atoms with Gasteiger partial charge in [-0.05, 0) is 45.4 Å². The van der Waals surface area contributed by atoms with Crippen LogP contribution >= 0.6 is 0 Å². The van der Waals surface area contributed by atoms with Gasteiger partial charge in [0.15, 0.2) is 0 Å². The number of benzene rings is 2. The van der Waals surface area contributed by atoms with Crippen LogP contribution in [0.3, 0.4) is 0 Å². The second kappa shape index (κ2) is 8.23. The lowest BCUT2D eigenvalue weighted by Gasteiger charge is -2.36. The first kappa shape index (κ1) is 21.1. The number of hydrogen-bond acceptors (Lipinski definition) is 3. The smallest absolute Gasteiger partial charge is 0.243 e. The van der Waals surface area contributed by atoms with Crippen molar-refractivity contribution in [1.29, 1.82) is 0 Å². The molecule has 0 heterocycles. The van der Waals surface area contributed by atoms with Gasteiger partial charge in [-0.3, -0.25) is 4.79 Å². The summed E-state index contributed by atoms with van der Waals surface area (Å²) in [5.74, 6) is -0.232. The molecular weight excluding hydrogens is 360 g/mol. The Morgan fingerprint density at radius 3 is 2.04 bits per heavy atom.